The molecule has 0 aliphatic carbocycles. The van der Waals surface area contributed by atoms with Crippen LogP contribution < -0.4 is 0 Å². The number of halogens is 1. The minimum absolute atomic E-state index is 0.216. The first-order valence-corrected chi connectivity index (χ1v) is 10.3. The molecule has 1 heterocycles. The minimum atomic E-state index is -3.59. The Labute approximate surface area is 155 Å². The Hall–Kier alpha value is -1.67. The topological polar surface area (TPSA) is 66.9 Å². The number of carbonyl (C=O) groups excluding carboxylic acids is 1. The normalized spacial score (nSPS) is 19.2. The molecule has 1 saturated heterocycles. The fourth-order valence-corrected chi connectivity index (χ4v) is 4.49. The highest BCUT2D eigenvalue weighted by Gasteiger charge is 2.33. The first-order chi connectivity index (χ1) is 12.0. The molecular weight excluding hydrogens is 359 g/mol. The summed E-state index contributed by atoms with van der Waals surface area (Å²) in [5.74, 6) is -0.716. The van der Waals surface area contributed by atoms with Crippen molar-refractivity contribution < 1.29 is 22.3 Å². The quantitative estimate of drug-likeness (QED) is 0.798. The summed E-state index contributed by atoms with van der Waals surface area (Å²) in [6, 6.07) is 5.35. The number of likely N-dealkylation sites (N-methyl/N-ethyl adjacent to an activating group) is 1. The fourth-order valence-electron chi connectivity index (χ4n) is 2.90. The van der Waals surface area contributed by atoms with Crippen molar-refractivity contribution in [2.75, 3.05) is 20.1 Å². The van der Waals surface area contributed by atoms with Crippen molar-refractivity contribution in [2.24, 2.45) is 0 Å². The molecule has 1 aliphatic rings. The van der Waals surface area contributed by atoms with Gasteiger partial charge in [0.25, 0.3) is 0 Å². The molecule has 26 heavy (non-hydrogen) atoms. The lowest BCUT2D eigenvalue weighted by atomic mass is 10.1. The van der Waals surface area contributed by atoms with Gasteiger partial charge in [-0.2, -0.15) is 4.31 Å². The van der Waals surface area contributed by atoms with Crippen molar-refractivity contribution in [1.82, 2.24) is 9.21 Å². The summed E-state index contributed by atoms with van der Waals surface area (Å²) in [6.07, 6.45) is 0.897. The number of amides is 1. The molecular formula is C18H27FN2O4S. The van der Waals surface area contributed by atoms with E-state index in [1.54, 1.807) is 33.9 Å². The zero-order valence-electron chi connectivity index (χ0n) is 15.7. The van der Waals surface area contributed by atoms with E-state index in [1.165, 1.54) is 27.4 Å². The van der Waals surface area contributed by atoms with Gasteiger partial charge in [-0.15, -0.1) is 0 Å². The molecule has 6 nitrogen and oxygen atoms in total. The van der Waals surface area contributed by atoms with Crippen LogP contribution in [0.3, 0.4) is 0 Å². The van der Waals surface area contributed by atoms with Crippen molar-refractivity contribution in [3.8, 4) is 0 Å². The maximum Gasteiger partial charge on any atom is 0.410 e. The molecule has 2 rings (SSSR count). The monoisotopic (exact) mass is 386 g/mol. The first-order valence-electron chi connectivity index (χ1n) is 8.66. The van der Waals surface area contributed by atoms with Gasteiger partial charge in [0.1, 0.15) is 11.4 Å². The SMILES string of the molecule is CN(C(=O)OC(C)(C)C)[C@@H]1CCCN(S(=O)(=O)Cc2cccc(F)c2)C1. The van der Waals surface area contributed by atoms with Crippen LogP contribution in [0.15, 0.2) is 24.3 Å². The lowest BCUT2D eigenvalue weighted by molar-refractivity contribution is 0.0173. The van der Waals surface area contributed by atoms with E-state index in [0.717, 1.165) is 0 Å². The van der Waals surface area contributed by atoms with Gasteiger partial charge in [0.2, 0.25) is 10.0 Å². The second kappa shape index (κ2) is 7.92. The number of benzene rings is 1. The van der Waals surface area contributed by atoms with Crippen LogP contribution >= 0.6 is 0 Å². The predicted molar refractivity (Wildman–Crippen MR) is 97.6 cm³/mol. The predicted octanol–water partition coefficient (Wildman–Crippen LogP) is 2.99. The van der Waals surface area contributed by atoms with E-state index in [4.69, 9.17) is 4.74 Å². The highest BCUT2D eigenvalue weighted by Crippen LogP contribution is 2.22. The Morgan fingerprint density at radius 3 is 2.69 bits per heavy atom. The molecule has 0 saturated carbocycles. The molecule has 146 valence electrons. The van der Waals surface area contributed by atoms with Crippen molar-refractivity contribution in [3.63, 3.8) is 0 Å². The summed E-state index contributed by atoms with van der Waals surface area (Å²) in [6.45, 7) is 5.98. The molecule has 1 aromatic carbocycles. The summed E-state index contributed by atoms with van der Waals surface area (Å²) in [4.78, 5) is 13.7. The molecule has 8 heteroatoms. The molecule has 0 unspecified atom stereocenters. The lowest BCUT2D eigenvalue weighted by Crippen LogP contribution is -2.51. The van der Waals surface area contributed by atoms with Crippen molar-refractivity contribution in [3.05, 3.63) is 35.6 Å². The Morgan fingerprint density at radius 2 is 2.08 bits per heavy atom. The first kappa shape index (κ1) is 20.6. The fraction of sp³-hybridized carbons (Fsp3) is 0.611. The third kappa shape index (κ3) is 5.67. The highest BCUT2D eigenvalue weighted by molar-refractivity contribution is 7.88. The number of sulfonamides is 1. The van der Waals surface area contributed by atoms with Crippen molar-refractivity contribution in [2.45, 2.75) is 51.0 Å². The van der Waals surface area contributed by atoms with Crippen LogP contribution in [-0.2, 0) is 20.5 Å². The van der Waals surface area contributed by atoms with Gasteiger partial charge in [-0.05, 0) is 51.3 Å². The summed E-state index contributed by atoms with van der Waals surface area (Å²) < 4.78 is 45.5. The molecule has 0 N–H and O–H groups in total. The maximum absolute atomic E-state index is 13.3. The summed E-state index contributed by atoms with van der Waals surface area (Å²) in [7, 11) is -1.97. The van der Waals surface area contributed by atoms with Crippen molar-refractivity contribution in [1.29, 1.82) is 0 Å². The van der Waals surface area contributed by atoms with Crippen molar-refractivity contribution >= 4 is 16.1 Å². The van der Waals surface area contributed by atoms with Gasteiger partial charge in [0.05, 0.1) is 5.75 Å². The Morgan fingerprint density at radius 1 is 1.38 bits per heavy atom. The zero-order valence-corrected chi connectivity index (χ0v) is 16.6. The van der Waals surface area contributed by atoms with Gasteiger partial charge < -0.3 is 9.64 Å². The number of ether oxygens (including phenoxy) is 1. The maximum atomic E-state index is 13.3. The lowest BCUT2D eigenvalue weighted by Gasteiger charge is -2.37. The van der Waals surface area contributed by atoms with E-state index >= 15 is 0 Å². The average Bonchev–Trinajstić information content (AvgIpc) is 2.52. The molecule has 0 spiro atoms. The van der Waals surface area contributed by atoms with Crippen LogP contribution in [0.1, 0.15) is 39.2 Å². The van der Waals surface area contributed by atoms with Gasteiger partial charge in [-0.1, -0.05) is 12.1 Å². The van der Waals surface area contributed by atoms with E-state index in [2.05, 4.69) is 0 Å². The molecule has 1 aromatic rings. The number of hydrogen-bond donors (Lipinski definition) is 0. The smallest absolute Gasteiger partial charge is 0.410 e. The van der Waals surface area contributed by atoms with Crippen LogP contribution in [0.25, 0.3) is 0 Å². The second-order valence-corrected chi connectivity index (χ2v) is 9.60. The molecule has 1 amide bonds. The van der Waals surface area contributed by atoms with Gasteiger partial charge in [-0.25, -0.2) is 17.6 Å². The molecule has 1 atom stereocenters. The van der Waals surface area contributed by atoms with E-state index in [9.17, 15) is 17.6 Å². The molecule has 0 radical (unpaired) electrons. The van der Waals surface area contributed by atoms with Gasteiger partial charge >= 0.3 is 6.09 Å². The van der Waals surface area contributed by atoms with Crippen LogP contribution in [0, 0.1) is 5.82 Å². The molecule has 0 aromatic heterocycles. The van der Waals surface area contributed by atoms with E-state index < -0.39 is 27.5 Å². The number of nitrogens with zero attached hydrogens (tertiary/aromatic N) is 2. The zero-order chi connectivity index (χ0) is 19.5. The standard InChI is InChI=1S/C18H27FN2O4S/c1-18(2,3)25-17(22)20(4)16-9-6-10-21(12-16)26(23,24)13-14-7-5-8-15(19)11-14/h5,7-8,11,16H,6,9-10,12-13H2,1-4H3/t16-/m1/s1. The summed E-state index contributed by atoms with van der Waals surface area (Å²) in [5, 5.41) is 0. The Balaban J connectivity index is 2.05. The van der Waals surface area contributed by atoms with Crippen LogP contribution in [-0.4, -0.2) is 55.5 Å². The van der Waals surface area contributed by atoms with E-state index in [-0.39, 0.29) is 18.3 Å². The van der Waals surface area contributed by atoms with E-state index in [0.29, 0.717) is 24.9 Å². The van der Waals surface area contributed by atoms with Gasteiger partial charge in [0, 0.05) is 26.2 Å². The van der Waals surface area contributed by atoms with Gasteiger partial charge in [-0.3, -0.25) is 0 Å². The highest BCUT2D eigenvalue weighted by atomic mass is 32.2. The number of hydrogen-bond acceptors (Lipinski definition) is 4. The van der Waals surface area contributed by atoms with Crippen LogP contribution in [0.5, 0.6) is 0 Å². The summed E-state index contributed by atoms with van der Waals surface area (Å²) in [5.41, 5.74) is -0.198. The third-order valence-electron chi connectivity index (χ3n) is 4.22. The third-order valence-corrected chi connectivity index (χ3v) is 6.04. The number of piperidine rings is 1. The van der Waals surface area contributed by atoms with Crippen LogP contribution in [0.4, 0.5) is 9.18 Å². The van der Waals surface area contributed by atoms with E-state index in [1.807, 2.05) is 0 Å². The number of carbonyl (C=O) groups is 1. The molecule has 1 fully saturated rings. The largest absolute Gasteiger partial charge is 0.444 e. The second-order valence-electron chi connectivity index (χ2n) is 7.63. The minimum Gasteiger partial charge on any atom is -0.444 e. The summed E-state index contributed by atoms with van der Waals surface area (Å²) >= 11 is 0. The Bertz CT molecular complexity index is 746. The molecule has 0 bridgehead atoms. The molecule has 1 aliphatic heterocycles. The Kier molecular flexibility index (Phi) is 6.29. The van der Waals surface area contributed by atoms with Gasteiger partial charge in [0.15, 0.2) is 0 Å². The average molecular weight is 386 g/mol. The van der Waals surface area contributed by atoms with Crippen LogP contribution in [0.2, 0.25) is 0 Å². The number of rotatable bonds is 4.